The van der Waals surface area contributed by atoms with Crippen molar-refractivity contribution >= 4 is 11.7 Å². The summed E-state index contributed by atoms with van der Waals surface area (Å²) >= 11 is 0. The summed E-state index contributed by atoms with van der Waals surface area (Å²) in [6, 6.07) is 0. The van der Waals surface area contributed by atoms with Gasteiger partial charge in [0.1, 0.15) is 6.26 Å². The lowest BCUT2D eigenvalue weighted by atomic mass is 10.1. The molecule has 0 radical (unpaired) electrons. The van der Waals surface area contributed by atoms with Crippen LogP contribution in [0.25, 0.3) is 0 Å². The van der Waals surface area contributed by atoms with Crippen LogP contribution in [0.2, 0.25) is 0 Å². The molecule has 0 atom stereocenters. The van der Waals surface area contributed by atoms with Crippen LogP contribution in [-0.2, 0) is 16.0 Å². The normalized spacial score (nSPS) is 9.92. The molecule has 72 valence electrons. The van der Waals surface area contributed by atoms with E-state index in [4.69, 9.17) is 10.8 Å². The zero-order valence-corrected chi connectivity index (χ0v) is 7.24. The molecule has 0 aliphatic heterocycles. The third-order valence-electron chi connectivity index (χ3n) is 1.71. The number of rotatable bonds is 3. The number of furan rings is 1. The van der Waals surface area contributed by atoms with Crippen molar-refractivity contribution in [3.8, 4) is 5.95 Å². The molecule has 5 heteroatoms. The molecule has 0 saturated carbocycles. The van der Waals surface area contributed by atoms with E-state index >= 15 is 0 Å². The predicted octanol–water partition coefficient (Wildman–Crippen LogP) is 0.673. The Bertz CT molecular complexity index is 286. The van der Waals surface area contributed by atoms with Gasteiger partial charge < -0.3 is 20.0 Å². The van der Waals surface area contributed by atoms with Crippen LogP contribution in [0, 0.1) is 0 Å². The smallest absolute Gasteiger partial charge is 0.305 e. The van der Waals surface area contributed by atoms with Crippen molar-refractivity contribution in [3.63, 3.8) is 0 Å². The van der Waals surface area contributed by atoms with Gasteiger partial charge in [0, 0.05) is 6.42 Å². The molecule has 0 fully saturated rings. The Morgan fingerprint density at radius 2 is 2.46 bits per heavy atom. The van der Waals surface area contributed by atoms with Crippen molar-refractivity contribution in [2.75, 3.05) is 12.8 Å². The van der Waals surface area contributed by atoms with Gasteiger partial charge in [0.25, 0.3) is 5.95 Å². The molecule has 0 aromatic carbocycles. The van der Waals surface area contributed by atoms with Crippen LogP contribution in [0.4, 0.5) is 5.69 Å². The number of aromatic hydroxyl groups is 1. The first-order chi connectivity index (χ1) is 6.15. The topological polar surface area (TPSA) is 85.7 Å². The Morgan fingerprint density at radius 1 is 1.77 bits per heavy atom. The number of nitrogens with two attached hydrogens (primary N) is 1. The summed E-state index contributed by atoms with van der Waals surface area (Å²) in [7, 11) is 1.31. The van der Waals surface area contributed by atoms with Crippen LogP contribution in [0.3, 0.4) is 0 Å². The molecule has 1 aromatic heterocycles. The van der Waals surface area contributed by atoms with Crippen LogP contribution in [0.1, 0.15) is 12.0 Å². The van der Waals surface area contributed by atoms with Crippen LogP contribution in [0.15, 0.2) is 10.7 Å². The highest BCUT2D eigenvalue weighted by Gasteiger charge is 2.12. The van der Waals surface area contributed by atoms with Crippen LogP contribution in [-0.4, -0.2) is 18.2 Å². The molecule has 0 saturated heterocycles. The van der Waals surface area contributed by atoms with E-state index in [-0.39, 0.29) is 18.3 Å². The lowest BCUT2D eigenvalue weighted by molar-refractivity contribution is -0.140. The van der Waals surface area contributed by atoms with Crippen LogP contribution >= 0.6 is 0 Å². The fourth-order valence-corrected chi connectivity index (χ4v) is 0.965. The van der Waals surface area contributed by atoms with E-state index in [0.29, 0.717) is 17.7 Å². The van der Waals surface area contributed by atoms with Crippen molar-refractivity contribution in [3.05, 3.63) is 11.8 Å². The third-order valence-corrected chi connectivity index (χ3v) is 1.71. The first-order valence-corrected chi connectivity index (χ1v) is 3.76. The van der Waals surface area contributed by atoms with E-state index in [1.807, 2.05) is 0 Å². The SMILES string of the molecule is COC(=O)CCc1c(N)coc1O. The van der Waals surface area contributed by atoms with Crippen molar-refractivity contribution in [2.45, 2.75) is 12.8 Å². The number of methoxy groups -OCH3 is 1. The summed E-state index contributed by atoms with van der Waals surface area (Å²) in [4.78, 5) is 10.8. The van der Waals surface area contributed by atoms with Gasteiger partial charge in [0.2, 0.25) is 0 Å². The van der Waals surface area contributed by atoms with Gasteiger partial charge >= 0.3 is 5.97 Å². The van der Waals surface area contributed by atoms with Crippen LogP contribution in [0.5, 0.6) is 5.95 Å². The molecule has 0 amide bonds. The highest BCUT2D eigenvalue weighted by molar-refractivity contribution is 5.70. The van der Waals surface area contributed by atoms with Gasteiger partial charge in [-0.3, -0.25) is 4.79 Å². The van der Waals surface area contributed by atoms with Crippen molar-refractivity contribution in [2.24, 2.45) is 0 Å². The van der Waals surface area contributed by atoms with Gasteiger partial charge in [0.05, 0.1) is 18.4 Å². The average molecular weight is 185 g/mol. The Labute approximate surface area is 75.1 Å². The summed E-state index contributed by atoms with van der Waals surface area (Å²) in [6.07, 6.45) is 1.73. The highest BCUT2D eigenvalue weighted by atomic mass is 16.5. The van der Waals surface area contributed by atoms with Gasteiger partial charge in [-0.1, -0.05) is 0 Å². The second-order valence-electron chi connectivity index (χ2n) is 2.55. The maximum absolute atomic E-state index is 10.8. The number of ether oxygens (including phenoxy) is 1. The summed E-state index contributed by atoms with van der Waals surface area (Å²) in [5.74, 6) is -0.582. The van der Waals surface area contributed by atoms with Gasteiger partial charge in [0.15, 0.2) is 0 Å². The molecule has 0 unspecified atom stereocenters. The summed E-state index contributed by atoms with van der Waals surface area (Å²) in [5.41, 5.74) is 6.26. The largest absolute Gasteiger partial charge is 0.480 e. The van der Waals surface area contributed by atoms with Gasteiger partial charge in [-0.15, -0.1) is 0 Å². The molecule has 0 spiro atoms. The average Bonchev–Trinajstić information content (AvgIpc) is 2.43. The second-order valence-corrected chi connectivity index (χ2v) is 2.55. The second kappa shape index (κ2) is 3.84. The molecular formula is C8H11NO4. The molecule has 13 heavy (non-hydrogen) atoms. The maximum Gasteiger partial charge on any atom is 0.305 e. The molecular weight excluding hydrogens is 174 g/mol. The Kier molecular flexibility index (Phi) is 2.79. The van der Waals surface area contributed by atoms with Gasteiger partial charge in [-0.25, -0.2) is 0 Å². The predicted molar refractivity (Wildman–Crippen MR) is 45.1 cm³/mol. The van der Waals surface area contributed by atoms with E-state index in [0.717, 1.165) is 0 Å². The molecule has 0 bridgehead atoms. The van der Waals surface area contributed by atoms with E-state index in [2.05, 4.69) is 9.15 Å². The number of carbonyl (C=O) groups excluding carboxylic acids is 1. The first-order valence-electron chi connectivity index (χ1n) is 3.76. The zero-order chi connectivity index (χ0) is 9.84. The molecule has 0 aliphatic rings. The third kappa shape index (κ3) is 2.14. The molecule has 3 N–H and O–H groups in total. The van der Waals surface area contributed by atoms with E-state index in [1.165, 1.54) is 13.4 Å². The number of carbonyl (C=O) groups is 1. The number of hydrogen-bond acceptors (Lipinski definition) is 5. The summed E-state index contributed by atoms with van der Waals surface area (Å²) < 4.78 is 9.08. The van der Waals surface area contributed by atoms with Crippen molar-refractivity contribution in [1.29, 1.82) is 0 Å². The fourth-order valence-electron chi connectivity index (χ4n) is 0.965. The number of hydrogen-bond donors (Lipinski definition) is 2. The number of anilines is 1. The van der Waals surface area contributed by atoms with E-state index in [9.17, 15) is 4.79 Å². The van der Waals surface area contributed by atoms with Crippen LogP contribution < -0.4 is 5.73 Å². The quantitative estimate of drug-likeness (QED) is 0.676. The van der Waals surface area contributed by atoms with Crippen molar-refractivity contribution in [1.82, 2.24) is 0 Å². The standard InChI is InChI=1S/C8H11NO4/c1-12-7(10)3-2-5-6(9)4-13-8(5)11/h4,11H,2-3,9H2,1H3. The maximum atomic E-state index is 10.8. The minimum Gasteiger partial charge on any atom is -0.480 e. The van der Waals surface area contributed by atoms with Gasteiger partial charge in [-0.05, 0) is 6.42 Å². The minimum absolute atomic E-state index is 0.174. The monoisotopic (exact) mass is 185 g/mol. The molecule has 1 heterocycles. The Hall–Kier alpha value is -1.65. The zero-order valence-electron chi connectivity index (χ0n) is 7.24. The Morgan fingerprint density at radius 3 is 2.92 bits per heavy atom. The van der Waals surface area contributed by atoms with E-state index in [1.54, 1.807) is 0 Å². The fraction of sp³-hybridized carbons (Fsp3) is 0.375. The first kappa shape index (κ1) is 9.44. The molecule has 1 rings (SSSR count). The molecule has 5 nitrogen and oxygen atoms in total. The highest BCUT2D eigenvalue weighted by Crippen LogP contribution is 2.26. The summed E-state index contributed by atoms with van der Waals surface area (Å²) in [5, 5.41) is 9.12. The minimum atomic E-state index is -0.347. The molecule has 1 aromatic rings. The van der Waals surface area contributed by atoms with E-state index < -0.39 is 0 Å². The van der Waals surface area contributed by atoms with Crippen molar-refractivity contribution < 1.29 is 19.1 Å². The number of esters is 1. The molecule has 0 aliphatic carbocycles. The van der Waals surface area contributed by atoms with Gasteiger partial charge in [-0.2, -0.15) is 0 Å². The Balaban J connectivity index is 2.58. The lowest BCUT2D eigenvalue weighted by Crippen LogP contribution is -2.02. The lowest BCUT2D eigenvalue weighted by Gasteiger charge is -1.98. The number of nitrogen functional groups attached to an aromatic ring is 1. The summed E-state index contributed by atoms with van der Waals surface area (Å²) in [6.45, 7) is 0.